The monoisotopic (exact) mass is 239 g/mol. The Labute approximate surface area is 104 Å². The highest BCUT2D eigenvalue weighted by Crippen LogP contribution is 2.22. The fourth-order valence-electron chi connectivity index (χ4n) is 2.19. The molecule has 0 aliphatic rings. The number of hydrogen-bond donors (Lipinski definition) is 1. The summed E-state index contributed by atoms with van der Waals surface area (Å²) >= 11 is 1.84. The van der Waals surface area contributed by atoms with E-state index < -0.39 is 0 Å². The second-order valence-corrected chi connectivity index (χ2v) is 6.28. The molecule has 1 unspecified atom stereocenters. The lowest BCUT2D eigenvalue weighted by molar-refractivity contribution is 0.268. The zero-order chi connectivity index (χ0) is 12.1. The number of thiophene rings is 1. The molecule has 1 aromatic rings. The van der Waals surface area contributed by atoms with E-state index in [-0.39, 0.29) is 0 Å². The molecule has 1 atom stereocenters. The van der Waals surface area contributed by atoms with Gasteiger partial charge in [-0.05, 0) is 42.7 Å². The fraction of sp³-hybridized carbons (Fsp3) is 0.714. The van der Waals surface area contributed by atoms with Crippen LogP contribution < -0.4 is 5.32 Å². The smallest absolute Gasteiger partial charge is 0.0386 e. The van der Waals surface area contributed by atoms with Crippen LogP contribution in [0.5, 0.6) is 0 Å². The average molecular weight is 239 g/mol. The third-order valence-electron chi connectivity index (χ3n) is 3.34. The summed E-state index contributed by atoms with van der Waals surface area (Å²) in [6, 6.07) is 4.82. The van der Waals surface area contributed by atoms with Gasteiger partial charge in [-0.1, -0.05) is 33.8 Å². The first-order valence-electron chi connectivity index (χ1n) is 6.29. The minimum atomic E-state index is 0.486. The largest absolute Gasteiger partial charge is 0.309 e. The van der Waals surface area contributed by atoms with E-state index in [4.69, 9.17) is 0 Å². The Morgan fingerprint density at radius 1 is 1.12 bits per heavy atom. The Hall–Kier alpha value is -0.340. The van der Waals surface area contributed by atoms with Crippen molar-refractivity contribution in [3.8, 4) is 0 Å². The summed E-state index contributed by atoms with van der Waals surface area (Å²) in [5.74, 6) is 2.27. The van der Waals surface area contributed by atoms with Gasteiger partial charge in [0, 0.05) is 10.9 Å². The lowest BCUT2D eigenvalue weighted by Crippen LogP contribution is -2.31. The van der Waals surface area contributed by atoms with Crippen molar-refractivity contribution in [2.75, 3.05) is 6.54 Å². The summed E-state index contributed by atoms with van der Waals surface area (Å²) in [5.41, 5.74) is 0. The second kappa shape index (κ2) is 6.41. The van der Waals surface area contributed by atoms with Gasteiger partial charge in [0.05, 0.1) is 0 Å². The van der Waals surface area contributed by atoms with Gasteiger partial charge in [-0.25, -0.2) is 0 Å². The molecule has 1 rings (SSSR count). The van der Waals surface area contributed by atoms with Gasteiger partial charge in [-0.15, -0.1) is 11.3 Å². The van der Waals surface area contributed by atoms with E-state index in [1.54, 1.807) is 0 Å². The summed E-state index contributed by atoms with van der Waals surface area (Å²) in [5, 5.41) is 5.81. The molecule has 0 aliphatic carbocycles. The Morgan fingerprint density at radius 2 is 1.75 bits per heavy atom. The molecule has 0 aromatic carbocycles. The molecule has 2 heteroatoms. The number of rotatable bonds is 6. The first-order valence-corrected chi connectivity index (χ1v) is 7.17. The van der Waals surface area contributed by atoms with Gasteiger partial charge in [-0.2, -0.15) is 0 Å². The molecule has 1 N–H and O–H groups in total. The maximum atomic E-state index is 3.66. The average Bonchev–Trinajstić information content (AvgIpc) is 2.69. The first-order chi connectivity index (χ1) is 7.52. The van der Waals surface area contributed by atoms with Crippen LogP contribution in [0.4, 0.5) is 0 Å². The van der Waals surface area contributed by atoms with Gasteiger partial charge in [0.1, 0.15) is 0 Å². The molecule has 0 amide bonds. The molecule has 0 radical (unpaired) electrons. The summed E-state index contributed by atoms with van der Waals surface area (Å²) < 4.78 is 0. The fourth-order valence-corrected chi connectivity index (χ4v) is 2.95. The molecule has 1 nitrogen and oxygen atoms in total. The minimum Gasteiger partial charge on any atom is -0.309 e. The molecule has 1 heterocycles. The Balaban J connectivity index is 2.43. The van der Waals surface area contributed by atoms with E-state index >= 15 is 0 Å². The van der Waals surface area contributed by atoms with Crippen molar-refractivity contribution in [3.05, 3.63) is 22.4 Å². The number of hydrogen-bond acceptors (Lipinski definition) is 2. The van der Waals surface area contributed by atoms with E-state index in [9.17, 15) is 0 Å². The summed E-state index contributed by atoms with van der Waals surface area (Å²) in [6.45, 7) is 12.7. The van der Waals surface area contributed by atoms with Gasteiger partial charge in [-0.3, -0.25) is 0 Å². The van der Waals surface area contributed by atoms with Crippen LogP contribution in [0.1, 0.15) is 45.5 Å². The van der Waals surface area contributed by atoms with E-state index in [0.717, 1.165) is 24.3 Å². The van der Waals surface area contributed by atoms with Gasteiger partial charge in [0.15, 0.2) is 0 Å². The Morgan fingerprint density at radius 3 is 2.19 bits per heavy atom. The predicted molar refractivity (Wildman–Crippen MR) is 73.9 cm³/mol. The first kappa shape index (κ1) is 13.7. The summed E-state index contributed by atoms with van der Waals surface area (Å²) in [4.78, 5) is 1.44. The normalized spacial score (nSPS) is 14.0. The lowest BCUT2D eigenvalue weighted by atomic mass is 9.85. The van der Waals surface area contributed by atoms with E-state index in [2.05, 4.69) is 57.4 Å². The predicted octanol–water partition coefficient (Wildman–Crippen LogP) is 4.33. The topological polar surface area (TPSA) is 12.0 Å². The van der Waals surface area contributed by atoms with Crippen molar-refractivity contribution >= 4 is 11.3 Å². The molecule has 0 spiro atoms. The molecule has 0 saturated carbocycles. The van der Waals surface area contributed by atoms with Crippen molar-refractivity contribution in [1.82, 2.24) is 5.32 Å². The maximum absolute atomic E-state index is 3.66. The third kappa shape index (κ3) is 3.91. The molecule has 92 valence electrons. The molecule has 0 fully saturated rings. The van der Waals surface area contributed by atoms with E-state index in [1.807, 2.05) is 11.3 Å². The van der Waals surface area contributed by atoms with Crippen LogP contribution in [-0.4, -0.2) is 6.54 Å². The molecule has 16 heavy (non-hydrogen) atoms. The summed E-state index contributed by atoms with van der Waals surface area (Å²) in [6.07, 6.45) is 0. The standard InChI is InChI=1S/C14H25NS/c1-10(2)13(11(3)4)9-15-12(5)14-7-6-8-16-14/h6-8,10-13,15H,9H2,1-5H3. The Bertz CT molecular complexity index is 269. The molecule has 0 saturated heterocycles. The van der Waals surface area contributed by atoms with Crippen LogP contribution >= 0.6 is 11.3 Å². The van der Waals surface area contributed by atoms with Crippen LogP contribution in [-0.2, 0) is 0 Å². The van der Waals surface area contributed by atoms with Crippen molar-refractivity contribution in [3.63, 3.8) is 0 Å². The van der Waals surface area contributed by atoms with Crippen molar-refractivity contribution in [2.24, 2.45) is 17.8 Å². The van der Waals surface area contributed by atoms with E-state index in [0.29, 0.717) is 6.04 Å². The maximum Gasteiger partial charge on any atom is 0.0386 e. The van der Waals surface area contributed by atoms with Gasteiger partial charge in [0.2, 0.25) is 0 Å². The molecular formula is C14H25NS. The zero-order valence-electron chi connectivity index (χ0n) is 11.2. The van der Waals surface area contributed by atoms with Gasteiger partial charge in [0.25, 0.3) is 0 Å². The van der Waals surface area contributed by atoms with Crippen LogP contribution in [0.15, 0.2) is 17.5 Å². The van der Waals surface area contributed by atoms with Crippen molar-refractivity contribution in [1.29, 1.82) is 0 Å². The van der Waals surface area contributed by atoms with Crippen LogP contribution in [0, 0.1) is 17.8 Å². The second-order valence-electron chi connectivity index (χ2n) is 5.30. The van der Waals surface area contributed by atoms with Crippen LogP contribution in [0.25, 0.3) is 0 Å². The summed E-state index contributed by atoms with van der Waals surface area (Å²) in [7, 11) is 0. The zero-order valence-corrected chi connectivity index (χ0v) is 12.0. The minimum absolute atomic E-state index is 0.486. The highest BCUT2D eigenvalue weighted by molar-refractivity contribution is 7.10. The van der Waals surface area contributed by atoms with Crippen molar-refractivity contribution < 1.29 is 0 Å². The molecular weight excluding hydrogens is 214 g/mol. The SMILES string of the molecule is CC(NCC(C(C)C)C(C)C)c1cccs1. The van der Waals surface area contributed by atoms with Gasteiger partial charge >= 0.3 is 0 Å². The van der Waals surface area contributed by atoms with E-state index in [1.165, 1.54) is 4.88 Å². The molecule has 1 aromatic heterocycles. The quantitative estimate of drug-likeness (QED) is 0.779. The van der Waals surface area contributed by atoms with Crippen LogP contribution in [0.3, 0.4) is 0 Å². The van der Waals surface area contributed by atoms with Crippen LogP contribution in [0.2, 0.25) is 0 Å². The number of nitrogens with one attached hydrogen (secondary N) is 1. The van der Waals surface area contributed by atoms with Gasteiger partial charge < -0.3 is 5.32 Å². The lowest BCUT2D eigenvalue weighted by Gasteiger charge is -2.26. The third-order valence-corrected chi connectivity index (χ3v) is 4.40. The molecule has 0 bridgehead atoms. The highest BCUT2D eigenvalue weighted by atomic mass is 32.1. The Kier molecular flexibility index (Phi) is 5.50. The molecule has 0 aliphatic heterocycles. The highest BCUT2D eigenvalue weighted by Gasteiger charge is 2.18. The van der Waals surface area contributed by atoms with Crippen molar-refractivity contribution in [2.45, 2.75) is 40.7 Å².